The zero-order valence-electron chi connectivity index (χ0n) is 9.06. The van der Waals surface area contributed by atoms with Gasteiger partial charge in [-0.25, -0.2) is 0 Å². The van der Waals surface area contributed by atoms with Crippen LogP contribution in [0.25, 0.3) is 0 Å². The number of rotatable bonds is 1. The number of hydrogen-bond donors (Lipinski definition) is 1. The highest BCUT2D eigenvalue weighted by Gasteiger charge is 2.11. The van der Waals surface area contributed by atoms with E-state index < -0.39 is 0 Å². The summed E-state index contributed by atoms with van der Waals surface area (Å²) in [4.78, 5) is 2.41. The summed E-state index contributed by atoms with van der Waals surface area (Å²) in [5, 5.41) is 3.34. The van der Waals surface area contributed by atoms with Gasteiger partial charge in [0.25, 0.3) is 0 Å². The largest absolute Gasteiger partial charge is 0.317 e. The van der Waals surface area contributed by atoms with E-state index in [0.29, 0.717) is 0 Å². The van der Waals surface area contributed by atoms with Crippen LogP contribution in [0.1, 0.15) is 33.1 Å². The summed E-state index contributed by atoms with van der Waals surface area (Å²) in [7, 11) is 4.27. The van der Waals surface area contributed by atoms with Crippen LogP contribution in [-0.4, -0.2) is 38.1 Å². The standard InChI is InChI=1S/C8H18N2.C2H6/c1-9-8-4-3-6-10(2)7-5-8;1-2/h8-9H,3-7H2,1-2H3;1-2H3/t8-;/m0./s1. The van der Waals surface area contributed by atoms with Crippen molar-refractivity contribution in [1.82, 2.24) is 10.2 Å². The van der Waals surface area contributed by atoms with Crippen molar-refractivity contribution in [2.45, 2.75) is 39.2 Å². The smallest absolute Gasteiger partial charge is 0.00767 e. The molecule has 0 aromatic carbocycles. The van der Waals surface area contributed by atoms with E-state index in [1.165, 1.54) is 32.4 Å². The Morgan fingerprint density at radius 2 is 1.83 bits per heavy atom. The van der Waals surface area contributed by atoms with Crippen LogP contribution in [0, 0.1) is 0 Å². The number of hydrogen-bond acceptors (Lipinski definition) is 2. The molecular formula is C10H24N2. The van der Waals surface area contributed by atoms with Gasteiger partial charge in [-0.05, 0) is 46.4 Å². The first-order chi connectivity index (χ1) is 5.83. The average Bonchev–Trinajstić information content (AvgIpc) is 2.33. The molecule has 0 aromatic heterocycles. The van der Waals surface area contributed by atoms with E-state index in [1.54, 1.807) is 0 Å². The molecule has 1 aliphatic rings. The molecular weight excluding hydrogens is 148 g/mol. The predicted octanol–water partition coefficient (Wildman–Crippen LogP) is 1.72. The summed E-state index contributed by atoms with van der Waals surface area (Å²) in [5.41, 5.74) is 0. The molecule has 0 spiro atoms. The van der Waals surface area contributed by atoms with Crippen LogP contribution in [0.3, 0.4) is 0 Å². The third kappa shape index (κ3) is 4.73. The van der Waals surface area contributed by atoms with E-state index >= 15 is 0 Å². The fraction of sp³-hybridized carbons (Fsp3) is 1.00. The topological polar surface area (TPSA) is 15.3 Å². The molecule has 1 saturated heterocycles. The summed E-state index contributed by atoms with van der Waals surface area (Å²) in [6.07, 6.45) is 4.01. The van der Waals surface area contributed by atoms with Crippen molar-refractivity contribution in [3.63, 3.8) is 0 Å². The van der Waals surface area contributed by atoms with E-state index in [1.807, 2.05) is 13.8 Å². The summed E-state index contributed by atoms with van der Waals surface area (Å²) in [5.74, 6) is 0. The fourth-order valence-corrected chi connectivity index (χ4v) is 1.53. The number of nitrogens with zero attached hydrogens (tertiary/aromatic N) is 1. The minimum Gasteiger partial charge on any atom is -0.317 e. The first kappa shape index (κ1) is 11.9. The summed E-state index contributed by atoms with van der Waals surface area (Å²) >= 11 is 0. The first-order valence-electron chi connectivity index (χ1n) is 5.18. The lowest BCUT2D eigenvalue weighted by atomic mass is 10.1. The maximum atomic E-state index is 3.34. The van der Waals surface area contributed by atoms with Crippen molar-refractivity contribution >= 4 is 0 Å². The summed E-state index contributed by atoms with van der Waals surface area (Å²) in [6, 6.07) is 0.768. The van der Waals surface area contributed by atoms with Crippen LogP contribution < -0.4 is 5.32 Å². The van der Waals surface area contributed by atoms with Gasteiger partial charge in [0.1, 0.15) is 0 Å². The van der Waals surface area contributed by atoms with Crippen LogP contribution in [0.2, 0.25) is 0 Å². The van der Waals surface area contributed by atoms with Crippen LogP contribution in [-0.2, 0) is 0 Å². The lowest BCUT2D eigenvalue weighted by Gasteiger charge is -2.13. The third-order valence-corrected chi connectivity index (χ3v) is 2.36. The molecule has 0 radical (unpaired) electrons. The maximum Gasteiger partial charge on any atom is 0.00767 e. The predicted molar refractivity (Wildman–Crippen MR) is 55.5 cm³/mol. The van der Waals surface area contributed by atoms with Gasteiger partial charge in [0.2, 0.25) is 0 Å². The molecule has 0 saturated carbocycles. The number of nitrogens with one attached hydrogen (secondary N) is 1. The van der Waals surface area contributed by atoms with Crippen molar-refractivity contribution in [1.29, 1.82) is 0 Å². The SMILES string of the molecule is CC.CN[C@H]1CCCN(C)CC1. The lowest BCUT2D eigenvalue weighted by molar-refractivity contribution is 0.345. The van der Waals surface area contributed by atoms with E-state index in [4.69, 9.17) is 0 Å². The molecule has 1 heterocycles. The lowest BCUT2D eigenvalue weighted by Crippen LogP contribution is -2.26. The van der Waals surface area contributed by atoms with Gasteiger partial charge in [0.15, 0.2) is 0 Å². The fourth-order valence-electron chi connectivity index (χ4n) is 1.53. The zero-order valence-corrected chi connectivity index (χ0v) is 9.06. The second-order valence-corrected chi connectivity index (χ2v) is 3.22. The highest BCUT2D eigenvalue weighted by Crippen LogP contribution is 2.08. The van der Waals surface area contributed by atoms with Crippen molar-refractivity contribution in [2.24, 2.45) is 0 Å². The van der Waals surface area contributed by atoms with E-state index in [2.05, 4.69) is 24.3 Å². The van der Waals surface area contributed by atoms with Crippen LogP contribution >= 0.6 is 0 Å². The van der Waals surface area contributed by atoms with Crippen LogP contribution in [0.4, 0.5) is 0 Å². The molecule has 0 aliphatic carbocycles. The van der Waals surface area contributed by atoms with Crippen molar-refractivity contribution in [3.05, 3.63) is 0 Å². The highest BCUT2D eigenvalue weighted by molar-refractivity contribution is 4.71. The second kappa shape index (κ2) is 7.56. The molecule has 0 unspecified atom stereocenters. The van der Waals surface area contributed by atoms with Gasteiger partial charge >= 0.3 is 0 Å². The third-order valence-electron chi connectivity index (χ3n) is 2.36. The zero-order chi connectivity index (χ0) is 9.40. The van der Waals surface area contributed by atoms with Crippen molar-refractivity contribution < 1.29 is 0 Å². The second-order valence-electron chi connectivity index (χ2n) is 3.22. The molecule has 0 aromatic rings. The minimum atomic E-state index is 0.768. The van der Waals surface area contributed by atoms with Gasteiger partial charge in [-0.1, -0.05) is 13.8 Å². The summed E-state index contributed by atoms with van der Waals surface area (Å²) < 4.78 is 0. The molecule has 12 heavy (non-hydrogen) atoms. The average molecular weight is 172 g/mol. The van der Waals surface area contributed by atoms with Gasteiger partial charge in [0.05, 0.1) is 0 Å². The molecule has 2 heteroatoms. The molecule has 1 aliphatic heterocycles. The Morgan fingerprint density at radius 1 is 1.17 bits per heavy atom. The molecule has 1 rings (SSSR count). The Balaban J connectivity index is 0.000000561. The Bertz CT molecular complexity index is 93.8. The van der Waals surface area contributed by atoms with Gasteiger partial charge in [-0.15, -0.1) is 0 Å². The minimum absolute atomic E-state index is 0.768. The Kier molecular flexibility index (Phi) is 7.51. The van der Waals surface area contributed by atoms with Gasteiger partial charge in [-0.2, -0.15) is 0 Å². The van der Waals surface area contributed by atoms with Gasteiger partial charge in [0, 0.05) is 6.04 Å². The van der Waals surface area contributed by atoms with Gasteiger partial charge in [-0.3, -0.25) is 0 Å². The Hall–Kier alpha value is -0.0800. The Labute approximate surface area is 77.3 Å². The van der Waals surface area contributed by atoms with E-state index in [0.717, 1.165) is 6.04 Å². The Morgan fingerprint density at radius 3 is 2.42 bits per heavy atom. The summed E-state index contributed by atoms with van der Waals surface area (Å²) in [6.45, 7) is 6.53. The van der Waals surface area contributed by atoms with Crippen molar-refractivity contribution in [2.75, 3.05) is 27.2 Å². The molecule has 2 nitrogen and oxygen atoms in total. The quantitative estimate of drug-likeness (QED) is 0.648. The molecule has 1 fully saturated rings. The first-order valence-corrected chi connectivity index (χ1v) is 5.18. The monoisotopic (exact) mass is 172 g/mol. The van der Waals surface area contributed by atoms with E-state index in [-0.39, 0.29) is 0 Å². The molecule has 1 N–H and O–H groups in total. The normalized spacial score (nSPS) is 25.5. The van der Waals surface area contributed by atoms with Gasteiger partial charge < -0.3 is 10.2 Å². The maximum absolute atomic E-state index is 3.34. The number of likely N-dealkylation sites (tertiary alicyclic amines) is 1. The molecule has 0 bridgehead atoms. The van der Waals surface area contributed by atoms with Crippen LogP contribution in [0.5, 0.6) is 0 Å². The molecule has 0 amide bonds. The molecule has 1 atom stereocenters. The highest BCUT2D eigenvalue weighted by atomic mass is 15.1. The molecule has 74 valence electrons. The van der Waals surface area contributed by atoms with Crippen molar-refractivity contribution in [3.8, 4) is 0 Å². The van der Waals surface area contributed by atoms with E-state index in [9.17, 15) is 0 Å². The van der Waals surface area contributed by atoms with Crippen LogP contribution in [0.15, 0.2) is 0 Å².